The Morgan fingerprint density at radius 3 is 3.18 bits per heavy atom. The van der Waals surface area contributed by atoms with Crippen molar-refractivity contribution < 1.29 is 9.90 Å². The Labute approximate surface area is 128 Å². The van der Waals surface area contributed by atoms with Crippen LogP contribution in [0.3, 0.4) is 0 Å². The molecule has 7 nitrogen and oxygen atoms in total. The van der Waals surface area contributed by atoms with E-state index in [1.54, 1.807) is 18.5 Å². The van der Waals surface area contributed by atoms with E-state index in [2.05, 4.69) is 20.8 Å². The Morgan fingerprint density at radius 1 is 1.50 bits per heavy atom. The van der Waals surface area contributed by atoms with E-state index >= 15 is 0 Å². The van der Waals surface area contributed by atoms with E-state index in [-0.39, 0.29) is 12.1 Å². The van der Waals surface area contributed by atoms with Crippen LogP contribution in [0.1, 0.15) is 36.3 Å². The molecule has 1 atom stereocenters. The van der Waals surface area contributed by atoms with Gasteiger partial charge < -0.3 is 20.3 Å². The van der Waals surface area contributed by atoms with Gasteiger partial charge in [-0.2, -0.15) is 0 Å². The summed E-state index contributed by atoms with van der Waals surface area (Å²) in [6.07, 6.45) is 3.22. The highest BCUT2D eigenvalue weighted by Gasteiger charge is 2.25. The lowest BCUT2D eigenvalue weighted by Gasteiger charge is -2.15. The third-order valence-electron chi connectivity index (χ3n) is 3.99. The summed E-state index contributed by atoms with van der Waals surface area (Å²) >= 11 is 0. The SMILES string of the molecule is CCn1cnnc1CNC(=O)N[C@H]1CCc2c(O)cccc21. The number of urea groups is 1. The summed E-state index contributed by atoms with van der Waals surface area (Å²) in [7, 11) is 0. The minimum absolute atomic E-state index is 0.0638. The number of hydrogen-bond donors (Lipinski definition) is 3. The number of aromatic hydroxyl groups is 1. The first-order valence-electron chi connectivity index (χ1n) is 7.40. The topological polar surface area (TPSA) is 92.1 Å². The highest BCUT2D eigenvalue weighted by molar-refractivity contribution is 5.74. The molecular weight excluding hydrogens is 282 g/mol. The van der Waals surface area contributed by atoms with Crippen LogP contribution in [0.5, 0.6) is 5.75 Å². The van der Waals surface area contributed by atoms with Gasteiger partial charge in [0.25, 0.3) is 0 Å². The van der Waals surface area contributed by atoms with Crippen molar-refractivity contribution in [1.29, 1.82) is 0 Å². The smallest absolute Gasteiger partial charge is 0.315 e. The average molecular weight is 301 g/mol. The summed E-state index contributed by atoms with van der Waals surface area (Å²) in [6.45, 7) is 3.09. The van der Waals surface area contributed by atoms with Gasteiger partial charge in [-0.3, -0.25) is 0 Å². The summed E-state index contributed by atoms with van der Waals surface area (Å²) in [5.41, 5.74) is 1.92. The van der Waals surface area contributed by atoms with Gasteiger partial charge in [0, 0.05) is 6.54 Å². The molecule has 0 spiro atoms. The van der Waals surface area contributed by atoms with Crippen molar-refractivity contribution in [2.45, 2.75) is 38.9 Å². The Morgan fingerprint density at radius 2 is 2.36 bits per heavy atom. The number of benzene rings is 1. The molecule has 116 valence electrons. The van der Waals surface area contributed by atoms with Gasteiger partial charge in [-0.1, -0.05) is 12.1 Å². The third kappa shape index (κ3) is 2.74. The maximum Gasteiger partial charge on any atom is 0.315 e. The second-order valence-corrected chi connectivity index (χ2v) is 5.30. The normalized spacial score (nSPS) is 16.3. The van der Waals surface area contributed by atoms with E-state index in [1.807, 2.05) is 17.6 Å². The summed E-state index contributed by atoms with van der Waals surface area (Å²) in [6, 6.07) is 5.12. The van der Waals surface area contributed by atoms with Crippen molar-refractivity contribution in [2.24, 2.45) is 0 Å². The zero-order valence-electron chi connectivity index (χ0n) is 12.4. The maximum absolute atomic E-state index is 12.0. The quantitative estimate of drug-likeness (QED) is 0.798. The van der Waals surface area contributed by atoms with Gasteiger partial charge in [0.1, 0.15) is 12.1 Å². The first kappa shape index (κ1) is 14.4. The number of carbonyl (C=O) groups is 1. The number of phenols is 1. The third-order valence-corrected chi connectivity index (χ3v) is 3.99. The van der Waals surface area contributed by atoms with Gasteiger partial charge >= 0.3 is 6.03 Å². The number of rotatable bonds is 4. The molecule has 7 heteroatoms. The molecule has 0 fully saturated rings. The summed E-state index contributed by atoms with van der Waals surface area (Å²) in [5.74, 6) is 1.03. The molecule has 3 rings (SSSR count). The molecule has 1 aromatic heterocycles. The molecule has 0 bridgehead atoms. The first-order chi connectivity index (χ1) is 10.7. The van der Waals surface area contributed by atoms with Gasteiger partial charge in [-0.25, -0.2) is 4.79 Å². The first-order valence-corrected chi connectivity index (χ1v) is 7.40. The Hall–Kier alpha value is -2.57. The highest BCUT2D eigenvalue weighted by Crippen LogP contribution is 2.36. The van der Waals surface area contributed by atoms with Crippen molar-refractivity contribution in [3.63, 3.8) is 0 Å². The number of nitrogens with one attached hydrogen (secondary N) is 2. The van der Waals surface area contributed by atoms with Crippen LogP contribution in [0.25, 0.3) is 0 Å². The lowest BCUT2D eigenvalue weighted by Crippen LogP contribution is -2.37. The highest BCUT2D eigenvalue weighted by atomic mass is 16.3. The van der Waals surface area contributed by atoms with Gasteiger partial charge in [0.2, 0.25) is 0 Å². The molecule has 3 N–H and O–H groups in total. The molecule has 2 aromatic rings. The van der Waals surface area contributed by atoms with Crippen LogP contribution >= 0.6 is 0 Å². The molecule has 2 amide bonds. The maximum atomic E-state index is 12.0. The van der Waals surface area contributed by atoms with E-state index in [4.69, 9.17) is 0 Å². The van der Waals surface area contributed by atoms with Gasteiger partial charge in [0.15, 0.2) is 5.82 Å². The fourth-order valence-electron chi connectivity index (χ4n) is 2.83. The van der Waals surface area contributed by atoms with Crippen LogP contribution in [0.2, 0.25) is 0 Å². The fraction of sp³-hybridized carbons (Fsp3) is 0.400. The van der Waals surface area contributed by atoms with Gasteiger partial charge in [-0.15, -0.1) is 10.2 Å². The molecule has 0 saturated carbocycles. The molecule has 1 aromatic carbocycles. The van der Waals surface area contributed by atoms with E-state index in [9.17, 15) is 9.90 Å². The Bertz CT molecular complexity index is 682. The van der Waals surface area contributed by atoms with Crippen LogP contribution in [0.15, 0.2) is 24.5 Å². The predicted octanol–water partition coefficient (Wildman–Crippen LogP) is 1.49. The van der Waals surface area contributed by atoms with E-state index in [0.717, 1.165) is 36.3 Å². The Kier molecular flexibility index (Phi) is 3.95. The van der Waals surface area contributed by atoms with Crippen molar-refractivity contribution in [2.75, 3.05) is 0 Å². The molecule has 0 aliphatic heterocycles. The molecule has 0 radical (unpaired) electrons. The Balaban J connectivity index is 1.59. The zero-order chi connectivity index (χ0) is 15.5. The lowest BCUT2D eigenvalue weighted by atomic mass is 10.1. The van der Waals surface area contributed by atoms with Crippen LogP contribution in [-0.4, -0.2) is 25.9 Å². The number of carbonyl (C=O) groups excluding carboxylic acids is 1. The molecule has 1 heterocycles. The summed E-state index contributed by atoms with van der Waals surface area (Å²) in [4.78, 5) is 12.0. The van der Waals surface area contributed by atoms with Crippen LogP contribution in [0, 0.1) is 0 Å². The van der Waals surface area contributed by atoms with E-state index in [0.29, 0.717) is 12.3 Å². The standard InChI is InChI=1S/C15H19N5O2/c1-2-20-9-17-19-14(20)8-16-15(22)18-12-7-6-11-10(12)4-3-5-13(11)21/h3-5,9,12,21H,2,6-8H2,1H3,(H2,16,18,22)/t12-/m0/s1. The van der Waals surface area contributed by atoms with Gasteiger partial charge in [-0.05, 0) is 37.0 Å². The van der Waals surface area contributed by atoms with Crippen LogP contribution < -0.4 is 10.6 Å². The zero-order valence-corrected chi connectivity index (χ0v) is 12.4. The average Bonchev–Trinajstić information content (AvgIpc) is 3.13. The summed E-state index contributed by atoms with van der Waals surface area (Å²) in [5, 5.41) is 23.4. The number of fused-ring (bicyclic) bond motifs is 1. The van der Waals surface area contributed by atoms with Crippen LogP contribution in [0.4, 0.5) is 4.79 Å². The van der Waals surface area contributed by atoms with Crippen molar-refractivity contribution in [1.82, 2.24) is 25.4 Å². The number of aryl methyl sites for hydroxylation is 1. The van der Waals surface area contributed by atoms with Crippen molar-refractivity contribution in [3.8, 4) is 5.75 Å². The molecule has 1 aliphatic rings. The largest absolute Gasteiger partial charge is 0.508 e. The molecule has 0 saturated heterocycles. The number of hydrogen-bond acceptors (Lipinski definition) is 4. The minimum Gasteiger partial charge on any atom is -0.508 e. The summed E-state index contributed by atoms with van der Waals surface area (Å²) < 4.78 is 1.88. The van der Waals surface area contributed by atoms with Crippen LogP contribution in [-0.2, 0) is 19.5 Å². The molecule has 0 unspecified atom stereocenters. The molecule has 1 aliphatic carbocycles. The molecular formula is C15H19N5O2. The number of amides is 2. The monoisotopic (exact) mass is 301 g/mol. The second-order valence-electron chi connectivity index (χ2n) is 5.30. The van der Waals surface area contributed by atoms with Crippen molar-refractivity contribution >= 4 is 6.03 Å². The fourth-order valence-corrected chi connectivity index (χ4v) is 2.83. The van der Waals surface area contributed by atoms with Gasteiger partial charge in [0.05, 0.1) is 12.6 Å². The minimum atomic E-state index is -0.244. The van der Waals surface area contributed by atoms with E-state index in [1.165, 1.54) is 0 Å². The number of phenolic OH excluding ortho intramolecular Hbond substituents is 1. The second kappa shape index (κ2) is 6.05. The van der Waals surface area contributed by atoms with E-state index < -0.39 is 0 Å². The molecule has 22 heavy (non-hydrogen) atoms. The number of aromatic nitrogens is 3. The van der Waals surface area contributed by atoms with Crippen molar-refractivity contribution in [3.05, 3.63) is 41.5 Å². The number of nitrogens with zero attached hydrogens (tertiary/aromatic N) is 3. The lowest BCUT2D eigenvalue weighted by molar-refractivity contribution is 0.236. The predicted molar refractivity (Wildman–Crippen MR) is 80.2 cm³/mol.